The molecule has 5 nitrogen and oxygen atoms in total. The number of hydrogen-bond acceptors (Lipinski definition) is 3. The summed E-state index contributed by atoms with van der Waals surface area (Å²) in [6, 6.07) is 20.1. The number of halogens is 2. The highest BCUT2D eigenvalue weighted by Gasteiger charge is 2.59. The minimum Gasteiger partial charge on any atom is -0.467 e. The number of anilines is 2. The van der Waals surface area contributed by atoms with Crippen LogP contribution in [0, 0.1) is 11.7 Å². The largest absolute Gasteiger partial charge is 0.467 e. The zero-order chi connectivity index (χ0) is 22.5. The molecule has 2 N–H and O–H groups in total. The lowest BCUT2D eigenvalue weighted by atomic mass is 9.78. The molecule has 3 unspecified atom stereocenters. The van der Waals surface area contributed by atoms with Crippen molar-refractivity contribution in [2.75, 3.05) is 10.2 Å². The second-order valence-electron chi connectivity index (χ2n) is 7.91. The van der Waals surface area contributed by atoms with Crippen LogP contribution < -0.4 is 20.3 Å². The molecule has 1 amide bonds. The number of benzene rings is 3. The Bertz CT molecular complexity index is 1220. The van der Waals surface area contributed by atoms with E-state index in [1.165, 1.54) is 12.1 Å². The van der Waals surface area contributed by atoms with Crippen LogP contribution in [0.1, 0.15) is 18.5 Å². The lowest BCUT2D eigenvalue weighted by Crippen LogP contribution is -2.72. The van der Waals surface area contributed by atoms with Gasteiger partial charge in [0, 0.05) is 22.0 Å². The van der Waals surface area contributed by atoms with Gasteiger partial charge in [-0.15, -0.1) is 0 Å². The predicted molar refractivity (Wildman–Crippen MR) is 126 cm³/mol. The van der Waals surface area contributed by atoms with E-state index in [1.807, 2.05) is 24.3 Å². The highest BCUT2D eigenvalue weighted by atomic mass is 35.5. The van der Waals surface area contributed by atoms with Gasteiger partial charge in [-0.2, -0.15) is 0 Å². The number of rotatable bonds is 3. The molecule has 5 rings (SSSR count). The summed E-state index contributed by atoms with van der Waals surface area (Å²) < 4.78 is 20.5. The summed E-state index contributed by atoms with van der Waals surface area (Å²) in [7, 11) is 0. The number of thiocarbonyl (C=S) groups is 1. The minimum atomic E-state index is -1.20. The highest BCUT2D eigenvalue weighted by Crippen LogP contribution is 2.49. The first-order valence-corrected chi connectivity index (χ1v) is 10.9. The van der Waals surface area contributed by atoms with Crippen LogP contribution in [0.3, 0.4) is 0 Å². The van der Waals surface area contributed by atoms with Gasteiger partial charge in [0.15, 0.2) is 10.8 Å². The van der Waals surface area contributed by atoms with Gasteiger partial charge < -0.3 is 15.4 Å². The quantitative estimate of drug-likeness (QED) is 0.513. The van der Waals surface area contributed by atoms with Gasteiger partial charge in [0.1, 0.15) is 17.5 Å². The molecule has 0 aliphatic carbocycles. The van der Waals surface area contributed by atoms with Crippen molar-refractivity contribution in [2.45, 2.75) is 18.7 Å². The van der Waals surface area contributed by atoms with Crippen molar-refractivity contribution in [1.29, 1.82) is 0 Å². The number of para-hydroxylation sites is 1. The third-order valence-corrected chi connectivity index (χ3v) is 6.42. The second-order valence-corrected chi connectivity index (χ2v) is 8.73. The second kappa shape index (κ2) is 7.76. The Labute approximate surface area is 195 Å². The molecule has 162 valence electrons. The molecule has 0 aromatic heterocycles. The number of fused-ring (bicyclic) bond motifs is 4. The molecule has 2 bridgehead atoms. The van der Waals surface area contributed by atoms with Gasteiger partial charge in [0.05, 0.1) is 6.04 Å². The topological polar surface area (TPSA) is 53.6 Å². The molecule has 0 saturated carbocycles. The number of carbonyl (C=O) groups is 1. The third kappa shape index (κ3) is 3.38. The van der Waals surface area contributed by atoms with Crippen LogP contribution >= 0.6 is 23.8 Å². The van der Waals surface area contributed by atoms with Crippen molar-refractivity contribution in [3.63, 3.8) is 0 Å². The maximum absolute atomic E-state index is 14.1. The van der Waals surface area contributed by atoms with Gasteiger partial charge in [-0.3, -0.25) is 9.69 Å². The standard InChI is InChI=1S/C24H19ClFN3O2S/c1-24-20(22(30)27-16-11-9-14(25)10-12-16)21(18-7-2-3-8-19(18)31-24)28-23(32)29(24)17-6-4-5-15(26)13-17/h2-13,20-21H,1H3,(H,27,30)(H,28,32). The lowest BCUT2D eigenvalue weighted by molar-refractivity contribution is -0.130. The fraction of sp³-hybridized carbons (Fsp3) is 0.167. The van der Waals surface area contributed by atoms with Gasteiger partial charge >= 0.3 is 0 Å². The number of ether oxygens (including phenoxy) is 1. The van der Waals surface area contributed by atoms with Gasteiger partial charge in [-0.05, 0) is 67.7 Å². The van der Waals surface area contributed by atoms with E-state index in [9.17, 15) is 9.18 Å². The molecule has 3 aromatic carbocycles. The summed E-state index contributed by atoms with van der Waals surface area (Å²) in [4.78, 5) is 15.3. The monoisotopic (exact) mass is 467 g/mol. The van der Waals surface area contributed by atoms with E-state index in [0.29, 0.717) is 27.3 Å². The molecule has 32 heavy (non-hydrogen) atoms. The first-order valence-electron chi connectivity index (χ1n) is 10.1. The van der Waals surface area contributed by atoms with Gasteiger partial charge in [0.25, 0.3) is 0 Å². The Morgan fingerprint density at radius 1 is 1.16 bits per heavy atom. The molecule has 0 radical (unpaired) electrons. The normalized spacial score (nSPS) is 23.6. The Kier molecular flexibility index (Phi) is 5.03. The van der Waals surface area contributed by atoms with Crippen LogP contribution in [-0.4, -0.2) is 16.7 Å². The van der Waals surface area contributed by atoms with Crippen LogP contribution in [0.15, 0.2) is 72.8 Å². The maximum atomic E-state index is 14.1. The molecule has 1 fully saturated rings. The molecule has 2 heterocycles. The molecular formula is C24H19ClFN3O2S. The average molecular weight is 468 g/mol. The van der Waals surface area contributed by atoms with Gasteiger partial charge in [0.2, 0.25) is 5.91 Å². The van der Waals surface area contributed by atoms with Crippen molar-refractivity contribution >= 4 is 46.2 Å². The number of nitrogens with zero attached hydrogens (tertiary/aromatic N) is 1. The Morgan fingerprint density at radius 3 is 2.66 bits per heavy atom. The van der Waals surface area contributed by atoms with Crippen LogP contribution in [0.2, 0.25) is 5.02 Å². The van der Waals surface area contributed by atoms with Gasteiger partial charge in [-0.1, -0.05) is 35.9 Å². The fourth-order valence-electron chi connectivity index (χ4n) is 4.49. The number of hydrogen-bond donors (Lipinski definition) is 2. The SMILES string of the molecule is CC12Oc3ccccc3C(NC(=S)N1c1cccc(F)c1)C2C(=O)Nc1ccc(Cl)cc1. The zero-order valence-electron chi connectivity index (χ0n) is 17.0. The minimum absolute atomic E-state index is 0.259. The summed E-state index contributed by atoms with van der Waals surface area (Å²) in [5.41, 5.74) is 0.737. The van der Waals surface area contributed by atoms with Crippen LogP contribution in [0.5, 0.6) is 5.75 Å². The van der Waals surface area contributed by atoms with Crippen LogP contribution in [0.25, 0.3) is 0 Å². The molecule has 0 spiro atoms. The van der Waals surface area contributed by atoms with Gasteiger partial charge in [-0.25, -0.2) is 4.39 Å². The van der Waals surface area contributed by atoms with Crippen LogP contribution in [0.4, 0.5) is 15.8 Å². The molecule has 8 heteroatoms. The van der Waals surface area contributed by atoms with E-state index in [0.717, 1.165) is 5.56 Å². The van der Waals surface area contributed by atoms with E-state index in [-0.39, 0.29) is 5.91 Å². The first-order chi connectivity index (χ1) is 15.4. The van der Waals surface area contributed by atoms with E-state index in [1.54, 1.807) is 48.2 Å². The number of amides is 1. The third-order valence-electron chi connectivity index (χ3n) is 5.87. The number of carbonyl (C=O) groups excluding carboxylic acids is 1. The zero-order valence-corrected chi connectivity index (χ0v) is 18.6. The smallest absolute Gasteiger partial charge is 0.236 e. The molecule has 3 aromatic rings. The predicted octanol–water partition coefficient (Wildman–Crippen LogP) is 5.28. The lowest BCUT2D eigenvalue weighted by Gasteiger charge is -2.56. The summed E-state index contributed by atoms with van der Waals surface area (Å²) in [5.74, 6) is -0.727. The van der Waals surface area contributed by atoms with Crippen molar-refractivity contribution in [2.24, 2.45) is 5.92 Å². The molecule has 2 aliphatic heterocycles. The van der Waals surface area contributed by atoms with Crippen LogP contribution in [-0.2, 0) is 4.79 Å². The van der Waals surface area contributed by atoms with Crippen molar-refractivity contribution in [3.8, 4) is 5.75 Å². The average Bonchev–Trinajstić information content (AvgIpc) is 2.74. The Hall–Kier alpha value is -3.16. The molecule has 3 atom stereocenters. The summed E-state index contributed by atoms with van der Waals surface area (Å²) in [5, 5.41) is 7.19. The first kappa shape index (κ1) is 20.7. The van der Waals surface area contributed by atoms with Crippen molar-refractivity contribution < 1.29 is 13.9 Å². The Morgan fingerprint density at radius 2 is 1.91 bits per heavy atom. The van der Waals surface area contributed by atoms with Crippen molar-refractivity contribution in [3.05, 3.63) is 89.2 Å². The fourth-order valence-corrected chi connectivity index (χ4v) is 5.03. The number of nitrogens with one attached hydrogen (secondary N) is 2. The highest BCUT2D eigenvalue weighted by molar-refractivity contribution is 7.80. The summed E-state index contributed by atoms with van der Waals surface area (Å²) in [6.07, 6.45) is 0. The van der Waals surface area contributed by atoms with E-state index < -0.39 is 23.5 Å². The molecule has 2 aliphatic rings. The summed E-state index contributed by atoms with van der Waals surface area (Å²) >= 11 is 11.6. The Balaban J connectivity index is 1.61. The van der Waals surface area contributed by atoms with E-state index >= 15 is 0 Å². The van der Waals surface area contributed by atoms with E-state index in [2.05, 4.69) is 10.6 Å². The maximum Gasteiger partial charge on any atom is 0.236 e. The summed E-state index contributed by atoms with van der Waals surface area (Å²) in [6.45, 7) is 1.81. The molecular weight excluding hydrogens is 449 g/mol. The molecule has 1 saturated heterocycles. The van der Waals surface area contributed by atoms with E-state index in [4.69, 9.17) is 28.6 Å². The van der Waals surface area contributed by atoms with Crippen molar-refractivity contribution in [1.82, 2.24) is 5.32 Å².